The van der Waals surface area contributed by atoms with E-state index in [1.807, 2.05) is 30.3 Å². The first-order chi connectivity index (χ1) is 13.2. The summed E-state index contributed by atoms with van der Waals surface area (Å²) in [5.74, 6) is 0.334. The molecular formula is C21H18ClN3O2. The van der Waals surface area contributed by atoms with E-state index in [0.29, 0.717) is 22.2 Å². The Morgan fingerprint density at radius 2 is 1.96 bits per heavy atom. The van der Waals surface area contributed by atoms with Gasteiger partial charge in [0.15, 0.2) is 0 Å². The molecule has 0 saturated heterocycles. The van der Waals surface area contributed by atoms with Crippen molar-refractivity contribution in [3.05, 3.63) is 71.6 Å². The van der Waals surface area contributed by atoms with Crippen LogP contribution in [0.1, 0.15) is 29.6 Å². The van der Waals surface area contributed by atoms with Gasteiger partial charge in [0, 0.05) is 23.0 Å². The maximum atomic E-state index is 12.4. The molecule has 2 heterocycles. The second-order valence-corrected chi connectivity index (χ2v) is 6.89. The van der Waals surface area contributed by atoms with Gasteiger partial charge in [-0.1, -0.05) is 23.7 Å². The normalized spacial score (nSPS) is 13.7. The van der Waals surface area contributed by atoms with Gasteiger partial charge in [0.25, 0.3) is 5.91 Å². The van der Waals surface area contributed by atoms with E-state index in [1.54, 1.807) is 24.5 Å². The highest BCUT2D eigenvalue weighted by Gasteiger charge is 2.22. The number of benzene rings is 1. The SMILES string of the molecule is O=C(Nc1cnc(OC2CCC2)c(-c2ccc(Cl)cc2)c1)c1cccnc1. The summed E-state index contributed by atoms with van der Waals surface area (Å²) in [7, 11) is 0. The van der Waals surface area contributed by atoms with Crippen molar-refractivity contribution in [2.75, 3.05) is 5.32 Å². The summed E-state index contributed by atoms with van der Waals surface area (Å²) in [4.78, 5) is 20.8. The average molecular weight is 380 g/mol. The molecule has 1 saturated carbocycles. The molecule has 2 aromatic heterocycles. The molecule has 4 rings (SSSR count). The van der Waals surface area contributed by atoms with Crippen LogP contribution >= 0.6 is 11.6 Å². The second-order valence-electron chi connectivity index (χ2n) is 6.45. The highest BCUT2D eigenvalue weighted by Crippen LogP contribution is 2.34. The summed E-state index contributed by atoms with van der Waals surface area (Å²) in [6.45, 7) is 0. The fourth-order valence-corrected chi connectivity index (χ4v) is 2.92. The minimum atomic E-state index is -0.236. The lowest BCUT2D eigenvalue weighted by Gasteiger charge is -2.27. The number of nitrogens with zero attached hydrogens (tertiary/aromatic N) is 2. The minimum absolute atomic E-state index is 0.208. The van der Waals surface area contributed by atoms with E-state index in [2.05, 4.69) is 15.3 Å². The summed E-state index contributed by atoms with van der Waals surface area (Å²) in [5, 5.41) is 3.53. The van der Waals surface area contributed by atoms with Crippen LogP contribution in [0.5, 0.6) is 5.88 Å². The number of ether oxygens (including phenoxy) is 1. The first-order valence-electron chi connectivity index (χ1n) is 8.83. The summed E-state index contributed by atoms with van der Waals surface area (Å²) < 4.78 is 6.04. The topological polar surface area (TPSA) is 64.1 Å². The third-order valence-electron chi connectivity index (χ3n) is 4.52. The van der Waals surface area contributed by atoms with Crippen molar-refractivity contribution in [3.63, 3.8) is 0 Å². The Balaban J connectivity index is 1.64. The molecule has 1 aromatic carbocycles. The summed E-state index contributed by atoms with van der Waals surface area (Å²) in [5.41, 5.74) is 2.83. The highest BCUT2D eigenvalue weighted by molar-refractivity contribution is 6.30. The van der Waals surface area contributed by atoms with Crippen LogP contribution in [0.2, 0.25) is 5.02 Å². The first-order valence-corrected chi connectivity index (χ1v) is 9.21. The number of halogens is 1. The van der Waals surface area contributed by atoms with Gasteiger partial charge in [-0.15, -0.1) is 0 Å². The number of aromatic nitrogens is 2. The zero-order valence-corrected chi connectivity index (χ0v) is 15.3. The largest absolute Gasteiger partial charge is 0.474 e. The predicted octanol–water partition coefficient (Wildman–Crippen LogP) is 4.98. The molecule has 27 heavy (non-hydrogen) atoms. The smallest absolute Gasteiger partial charge is 0.257 e. The third-order valence-corrected chi connectivity index (χ3v) is 4.77. The van der Waals surface area contributed by atoms with Crippen molar-refractivity contribution in [3.8, 4) is 17.0 Å². The van der Waals surface area contributed by atoms with Crippen LogP contribution in [0.15, 0.2) is 61.1 Å². The summed E-state index contributed by atoms with van der Waals surface area (Å²) >= 11 is 6.01. The third kappa shape index (κ3) is 4.09. The number of nitrogens with one attached hydrogen (secondary N) is 1. The fourth-order valence-electron chi connectivity index (χ4n) is 2.80. The van der Waals surface area contributed by atoms with Crippen molar-refractivity contribution < 1.29 is 9.53 Å². The molecule has 1 N–H and O–H groups in total. The van der Waals surface area contributed by atoms with E-state index in [0.717, 1.165) is 24.0 Å². The molecule has 0 atom stereocenters. The van der Waals surface area contributed by atoms with Gasteiger partial charge < -0.3 is 10.1 Å². The molecule has 0 radical (unpaired) electrons. The van der Waals surface area contributed by atoms with Crippen molar-refractivity contribution >= 4 is 23.2 Å². The van der Waals surface area contributed by atoms with Crippen LogP contribution in [0, 0.1) is 0 Å². The number of carbonyl (C=O) groups is 1. The van der Waals surface area contributed by atoms with Gasteiger partial charge in [-0.25, -0.2) is 4.98 Å². The Kier molecular flexibility index (Phi) is 5.03. The van der Waals surface area contributed by atoms with Crippen LogP contribution in [-0.4, -0.2) is 22.0 Å². The Hall–Kier alpha value is -2.92. The molecule has 5 nitrogen and oxygen atoms in total. The lowest BCUT2D eigenvalue weighted by atomic mass is 9.96. The standard InChI is InChI=1S/C21H18ClN3O2/c22-16-8-6-14(7-9-16)19-11-17(13-24-21(19)27-18-4-1-5-18)25-20(26)15-3-2-10-23-12-15/h2-3,6-13,18H,1,4-5H2,(H,25,26). The number of carbonyl (C=O) groups excluding carboxylic acids is 1. The van der Waals surface area contributed by atoms with Gasteiger partial charge >= 0.3 is 0 Å². The van der Waals surface area contributed by atoms with Crippen molar-refractivity contribution in [2.45, 2.75) is 25.4 Å². The number of amides is 1. The average Bonchev–Trinajstić information content (AvgIpc) is 2.67. The second kappa shape index (κ2) is 7.76. The van der Waals surface area contributed by atoms with Crippen molar-refractivity contribution in [2.24, 2.45) is 0 Å². The Labute approximate surface area is 162 Å². The molecule has 0 unspecified atom stereocenters. The molecule has 0 bridgehead atoms. The molecule has 3 aromatic rings. The Morgan fingerprint density at radius 1 is 1.15 bits per heavy atom. The van der Waals surface area contributed by atoms with Gasteiger partial charge in [-0.05, 0) is 55.2 Å². The maximum absolute atomic E-state index is 12.4. The number of hydrogen-bond donors (Lipinski definition) is 1. The van der Waals surface area contributed by atoms with Crippen molar-refractivity contribution in [1.29, 1.82) is 0 Å². The van der Waals surface area contributed by atoms with Gasteiger partial charge in [-0.3, -0.25) is 9.78 Å². The van der Waals surface area contributed by atoms with E-state index in [1.165, 1.54) is 12.6 Å². The van der Waals surface area contributed by atoms with Gasteiger partial charge in [-0.2, -0.15) is 0 Å². The highest BCUT2D eigenvalue weighted by atomic mass is 35.5. The van der Waals surface area contributed by atoms with Crippen LogP contribution in [-0.2, 0) is 0 Å². The van der Waals surface area contributed by atoms with Crippen molar-refractivity contribution in [1.82, 2.24) is 9.97 Å². The van der Waals surface area contributed by atoms with E-state index in [4.69, 9.17) is 16.3 Å². The Morgan fingerprint density at radius 3 is 2.63 bits per heavy atom. The lowest BCUT2D eigenvalue weighted by Crippen LogP contribution is -2.25. The molecule has 1 aliphatic rings. The molecule has 136 valence electrons. The molecule has 1 fully saturated rings. The molecule has 0 aliphatic heterocycles. The monoisotopic (exact) mass is 379 g/mol. The van der Waals surface area contributed by atoms with Gasteiger partial charge in [0.05, 0.1) is 17.4 Å². The number of anilines is 1. The number of pyridine rings is 2. The zero-order chi connectivity index (χ0) is 18.6. The van der Waals surface area contributed by atoms with Crippen LogP contribution in [0.4, 0.5) is 5.69 Å². The molecular weight excluding hydrogens is 362 g/mol. The Bertz CT molecular complexity index is 941. The van der Waals surface area contributed by atoms with E-state index >= 15 is 0 Å². The maximum Gasteiger partial charge on any atom is 0.257 e. The molecule has 6 heteroatoms. The van der Waals surface area contributed by atoms with Gasteiger partial charge in [0.1, 0.15) is 6.10 Å². The fraction of sp³-hybridized carbons (Fsp3) is 0.190. The summed E-state index contributed by atoms with van der Waals surface area (Å²) in [6, 6.07) is 12.8. The van der Waals surface area contributed by atoms with Crippen LogP contribution < -0.4 is 10.1 Å². The molecule has 1 amide bonds. The van der Waals surface area contributed by atoms with E-state index in [-0.39, 0.29) is 12.0 Å². The summed E-state index contributed by atoms with van der Waals surface area (Å²) in [6.07, 6.45) is 8.24. The van der Waals surface area contributed by atoms with Gasteiger partial charge in [0.2, 0.25) is 5.88 Å². The van der Waals surface area contributed by atoms with E-state index < -0.39 is 0 Å². The predicted molar refractivity (Wildman–Crippen MR) is 105 cm³/mol. The minimum Gasteiger partial charge on any atom is -0.474 e. The quantitative estimate of drug-likeness (QED) is 0.679. The number of rotatable bonds is 5. The lowest BCUT2D eigenvalue weighted by molar-refractivity contribution is 0.102. The zero-order valence-electron chi connectivity index (χ0n) is 14.6. The molecule has 1 aliphatic carbocycles. The van der Waals surface area contributed by atoms with Crippen LogP contribution in [0.3, 0.4) is 0 Å². The number of hydrogen-bond acceptors (Lipinski definition) is 4. The first kappa shape index (κ1) is 17.5. The van der Waals surface area contributed by atoms with E-state index in [9.17, 15) is 4.79 Å². The van der Waals surface area contributed by atoms with Crippen LogP contribution in [0.25, 0.3) is 11.1 Å². The molecule has 0 spiro atoms.